The molecule has 0 aliphatic carbocycles. The van der Waals surface area contributed by atoms with Crippen LogP contribution in [0, 0.1) is 20.8 Å². The van der Waals surface area contributed by atoms with Crippen LogP contribution in [0.3, 0.4) is 0 Å². The maximum atomic E-state index is 12.8. The molecule has 0 radical (unpaired) electrons. The Bertz CT molecular complexity index is 1110. The molecule has 168 valence electrons. The molecule has 0 unspecified atom stereocenters. The molecule has 8 heteroatoms. The summed E-state index contributed by atoms with van der Waals surface area (Å²) in [5.74, 6) is 0.888. The van der Waals surface area contributed by atoms with Crippen molar-refractivity contribution in [2.45, 2.75) is 44.4 Å². The maximum Gasteiger partial charge on any atom is 0.340 e. The predicted octanol–water partition coefficient (Wildman–Crippen LogP) is 5.08. The van der Waals surface area contributed by atoms with E-state index >= 15 is 0 Å². The molecular weight excluding hydrogens is 428 g/mol. The highest BCUT2D eigenvalue weighted by atomic mass is 32.2. The SMILES string of the molecule is COc1ccc(C)cc1NC(=O)[C@H](C)OC(=O)c1ccccc1SCc1c(C)noc1C. The number of ether oxygens (including phenoxy) is 2. The largest absolute Gasteiger partial charge is 0.495 e. The molecule has 1 amide bonds. The van der Waals surface area contributed by atoms with Crippen molar-refractivity contribution in [2.24, 2.45) is 0 Å². The number of amides is 1. The number of rotatable bonds is 8. The van der Waals surface area contributed by atoms with Gasteiger partial charge >= 0.3 is 5.97 Å². The quantitative estimate of drug-likeness (QED) is 0.375. The highest BCUT2D eigenvalue weighted by Gasteiger charge is 2.22. The first kappa shape index (κ1) is 23.4. The molecule has 0 spiro atoms. The second-order valence-corrected chi connectivity index (χ2v) is 8.35. The average molecular weight is 455 g/mol. The van der Waals surface area contributed by atoms with Crippen LogP contribution in [0.1, 0.15) is 39.9 Å². The number of anilines is 1. The van der Waals surface area contributed by atoms with Crippen molar-refractivity contribution in [3.8, 4) is 5.75 Å². The summed E-state index contributed by atoms with van der Waals surface area (Å²) in [4.78, 5) is 26.2. The number of aryl methyl sites for hydroxylation is 3. The zero-order valence-corrected chi connectivity index (χ0v) is 19.5. The van der Waals surface area contributed by atoms with Gasteiger partial charge in [0.25, 0.3) is 5.91 Å². The number of aromatic nitrogens is 1. The first-order valence-electron chi connectivity index (χ1n) is 10.1. The number of nitrogens with one attached hydrogen (secondary N) is 1. The molecule has 0 aliphatic heterocycles. The van der Waals surface area contributed by atoms with Crippen LogP contribution < -0.4 is 10.1 Å². The molecule has 0 saturated carbocycles. The summed E-state index contributed by atoms with van der Waals surface area (Å²) < 4.78 is 16.0. The van der Waals surface area contributed by atoms with Gasteiger partial charge in [-0.3, -0.25) is 4.79 Å². The van der Waals surface area contributed by atoms with Gasteiger partial charge in [-0.1, -0.05) is 23.4 Å². The molecule has 0 bridgehead atoms. The van der Waals surface area contributed by atoms with Crippen molar-refractivity contribution in [3.05, 3.63) is 70.6 Å². The van der Waals surface area contributed by atoms with Crippen molar-refractivity contribution in [1.29, 1.82) is 0 Å². The van der Waals surface area contributed by atoms with E-state index in [0.29, 0.717) is 22.8 Å². The number of thioether (sulfide) groups is 1. The number of hydrogen-bond donors (Lipinski definition) is 1. The van der Waals surface area contributed by atoms with Crippen molar-refractivity contribution >= 4 is 29.3 Å². The maximum absolute atomic E-state index is 12.8. The van der Waals surface area contributed by atoms with Crippen molar-refractivity contribution < 1.29 is 23.6 Å². The van der Waals surface area contributed by atoms with Crippen molar-refractivity contribution in [3.63, 3.8) is 0 Å². The van der Waals surface area contributed by atoms with E-state index in [-0.39, 0.29) is 0 Å². The van der Waals surface area contributed by atoms with Crippen LogP contribution in [-0.2, 0) is 15.3 Å². The fraction of sp³-hybridized carbons (Fsp3) is 0.292. The topological polar surface area (TPSA) is 90.7 Å². The summed E-state index contributed by atoms with van der Waals surface area (Å²) in [5.41, 5.74) is 3.72. The van der Waals surface area contributed by atoms with E-state index in [0.717, 1.165) is 27.5 Å². The Kier molecular flexibility index (Phi) is 7.58. The van der Waals surface area contributed by atoms with Gasteiger partial charge in [-0.05, 0) is 57.5 Å². The van der Waals surface area contributed by atoms with Crippen LogP contribution >= 0.6 is 11.8 Å². The smallest absolute Gasteiger partial charge is 0.340 e. The first-order valence-corrected chi connectivity index (χ1v) is 11.1. The summed E-state index contributed by atoms with van der Waals surface area (Å²) >= 11 is 1.49. The fourth-order valence-corrected chi connectivity index (χ4v) is 4.24. The number of benzene rings is 2. The van der Waals surface area contributed by atoms with E-state index in [1.54, 1.807) is 24.3 Å². The number of hydrogen-bond acceptors (Lipinski definition) is 7. The summed E-state index contributed by atoms with van der Waals surface area (Å²) in [6.07, 6.45) is -0.992. The van der Waals surface area contributed by atoms with E-state index in [1.165, 1.54) is 25.8 Å². The summed E-state index contributed by atoms with van der Waals surface area (Å²) in [5, 5.41) is 6.73. The summed E-state index contributed by atoms with van der Waals surface area (Å²) in [7, 11) is 1.53. The third kappa shape index (κ3) is 5.50. The minimum absolute atomic E-state index is 0.400. The van der Waals surface area contributed by atoms with E-state index < -0.39 is 18.0 Å². The monoisotopic (exact) mass is 454 g/mol. The van der Waals surface area contributed by atoms with Gasteiger partial charge in [-0.15, -0.1) is 11.8 Å². The zero-order chi connectivity index (χ0) is 23.3. The number of nitrogens with zero attached hydrogens (tertiary/aromatic N) is 1. The van der Waals surface area contributed by atoms with Crippen LogP contribution in [0.25, 0.3) is 0 Å². The molecule has 7 nitrogen and oxygen atoms in total. The molecule has 2 aromatic carbocycles. The van der Waals surface area contributed by atoms with Crippen LogP contribution in [0.4, 0.5) is 5.69 Å². The van der Waals surface area contributed by atoms with Gasteiger partial charge in [0.05, 0.1) is 24.1 Å². The molecule has 1 atom stereocenters. The number of carbonyl (C=O) groups excluding carboxylic acids is 2. The van der Waals surface area contributed by atoms with Gasteiger partial charge in [0.15, 0.2) is 6.10 Å². The lowest BCUT2D eigenvalue weighted by molar-refractivity contribution is -0.123. The second-order valence-electron chi connectivity index (χ2n) is 7.33. The predicted molar refractivity (Wildman–Crippen MR) is 123 cm³/mol. The second kappa shape index (κ2) is 10.4. The Hall–Kier alpha value is -3.26. The molecule has 0 aliphatic rings. The minimum Gasteiger partial charge on any atom is -0.495 e. The molecular formula is C24H26N2O5S. The lowest BCUT2D eigenvalue weighted by Gasteiger charge is -2.16. The van der Waals surface area contributed by atoms with Crippen molar-refractivity contribution in [2.75, 3.05) is 12.4 Å². The Labute approximate surface area is 191 Å². The summed E-state index contributed by atoms with van der Waals surface area (Å²) in [6.45, 7) is 7.19. The van der Waals surface area contributed by atoms with Gasteiger partial charge in [0, 0.05) is 16.2 Å². The fourth-order valence-electron chi connectivity index (χ4n) is 3.05. The molecule has 0 saturated heterocycles. The Morgan fingerprint density at radius 1 is 1.16 bits per heavy atom. The van der Waals surface area contributed by atoms with E-state index in [9.17, 15) is 9.59 Å². The average Bonchev–Trinajstić information content (AvgIpc) is 3.09. The molecule has 1 heterocycles. The first-order chi connectivity index (χ1) is 15.3. The normalized spacial score (nSPS) is 11.7. The zero-order valence-electron chi connectivity index (χ0n) is 18.7. The molecule has 3 aromatic rings. The van der Waals surface area contributed by atoms with E-state index in [2.05, 4.69) is 10.5 Å². The van der Waals surface area contributed by atoms with E-state index in [4.69, 9.17) is 14.0 Å². The van der Waals surface area contributed by atoms with Gasteiger partial charge in [0.2, 0.25) is 0 Å². The van der Waals surface area contributed by atoms with Gasteiger partial charge in [-0.2, -0.15) is 0 Å². The van der Waals surface area contributed by atoms with Crippen LogP contribution in [-0.4, -0.2) is 30.2 Å². The third-order valence-corrected chi connectivity index (χ3v) is 6.03. The molecule has 1 N–H and O–H groups in total. The van der Waals surface area contributed by atoms with Crippen LogP contribution in [0.2, 0.25) is 0 Å². The lowest BCUT2D eigenvalue weighted by atomic mass is 10.2. The van der Waals surface area contributed by atoms with E-state index in [1.807, 2.05) is 39.0 Å². The van der Waals surface area contributed by atoms with Crippen molar-refractivity contribution in [1.82, 2.24) is 5.16 Å². The lowest BCUT2D eigenvalue weighted by Crippen LogP contribution is -2.30. The standard InChI is InChI=1S/C24H26N2O5S/c1-14-10-11-21(29-5)20(12-14)25-23(27)17(4)30-24(28)18-8-6-7-9-22(18)32-13-19-15(2)26-31-16(19)3/h6-12,17H,13H2,1-5H3,(H,25,27)/t17-/m0/s1. The van der Waals surface area contributed by atoms with Gasteiger partial charge in [-0.25, -0.2) is 4.79 Å². The number of esters is 1. The van der Waals surface area contributed by atoms with Gasteiger partial charge < -0.3 is 19.3 Å². The Balaban J connectivity index is 1.68. The number of carbonyl (C=O) groups is 2. The molecule has 32 heavy (non-hydrogen) atoms. The molecule has 0 fully saturated rings. The Morgan fingerprint density at radius 2 is 1.91 bits per heavy atom. The highest BCUT2D eigenvalue weighted by molar-refractivity contribution is 7.98. The highest BCUT2D eigenvalue weighted by Crippen LogP contribution is 2.30. The molecule has 3 rings (SSSR count). The summed E-state index contributed by atoms with van der Waals surface area (Å²) in [6, 6.07) is 12.6. The Morgan fingerprint density at radius 3 is 2.59 bits per heavy atom. The van der Waals surface area contributed by atoms with Gasteiger partial charge in [0.1, 0.15) is 11.5 Å². The van der Waals surface area contributed by atoms with Crippen LogP contribution in [0.5, 0.6) is 5.75 Å². The van der Waals surface area contributed by atoms with Crippen LogP contribution in [0.15, 0.2) is 51.9 Å². The number of methoxy groups -OCH3 is 1. The third-order valence-electron chi connectivity index (χ3n) is 4.93. The minimum atomic E-state index is -0.992. The molecule has 1 aromatic heterocycles.